The van der Waals surface area contributed by atoms with Gasteiger partial charge >= 0.3 is 0 Å². The van der Waals surface area contributed by atoms with E-state index in [2.05, 4.69) is 10.2 Å². The highest BCUT2D eigenvalue weighted by atomic mass is 19.2. The molecule has 0 aliphatic carbocycles. The predicted octanol–water partition coefficient (Wildman–Crippen LogP) is 1.78. The van der Waals surface area contributed by atoms with Crippen LogP contribution in [0.2, 0.25) is 0 Å². The van der Waals surface area contributed by atoms with E-state index in [9.17, 15) is 22.4 Å². The highest BCUT2D eigenvalue weighted by Crippen LogP contribution is 2.18. The van der Waals surface area contributed by atoms with E-state index in [4.69, 9.17) is 6.57 Å². The van der Waals surface area contributed by atoms with Crippen molar-refractivity contribution in [2.45, 2.75) is 6.54 Å². The van der Waals surface area contributed by atoms with Gasteiger partial charge in [-0.25, -0.2) is 24.1 Å². The first-order valence-corrected chi connectivity index (χ1v) is 4.39. The highest BCUT2D eigenvalue weighted by Gasteiger charge is 2.19. The predicted molar refractivity (Wildman–Crippen MR) is 49.6 cm³/mol. The van der Waals surface area contributed by atoms with Crippen molar-refractivity contribution in [2.24, 2.45) is 0 Å². The molecule has 0 aliphatic rings. The zero-order chi connectivity index (χ0) is 13.0. The monoisotopic (exact) mass is 246 g/mol. The largest absolute Gasteiger partial charge is 0.345 e. The lowest BCUT2D eigenvalue weighted by atomic mass is 10.2. The number of carbonyl (C=O) groups is 1. The zero-order valence-electron chi connectivity index (χ0n) is 8.36. The van der Waals surface area contributed by atoms with Gasteiger partial charge in [0, 0.05) is 12.1 Å². The Bertz CT molecular complexity index is 496. The lowest BCUT2D eigenvalue weighted by Crippen LogP contribution is -2.25. The van der Waals surface area contributed by atoms with Crippen molar-refractivity contribution in [3.05, 3.63) is 46.3 Å². The molecule has 17 heavy (non-hydrogen) atoms. The Kier molecular flexibility index (Phi) is 4.04. The molecule has 1 aromatic carbocycles. The Balaban J connectivity index is 2.86. The van der Waals surface area contributed by atoms with Crippen molar-refractivity contribution in [1.29, 1.82) is 0 Å². The molecule has 0 aromatic heterocycles. The summed E-state index contributed by atoms with van der Waals surface area (Å²) < 4.78 is 51.2. The lowest BCUT2D eigenvalue weighted by Gasteiger charge is -2.06. The second-order valence-corrected chi connectivity index (χ2v) is 3.05. The van der Waals surface area contributed by atoms with Gasteiger partial charge in [0.25, 0.3) is 12.5 Å². The molecule has 0 saturated carbocycles. The number of carbonyl (C=O) groups excluding carboxylic acids is 1. The van der Waals surface area contributed by atoms with Crippen LogP contribution < -0.4 is 5.32 Å². The lowest BCUT2D eigenvalue weighted by molar-refractivity contribution is -0.119. The molecule has 1 rings (SSSR count). The molecule has 1 aromatic rings. The van der Waals surface area contributed by atoms with Crippen molar-refractivity contribution in [1.82, 2.24) is 5.32 Å². The number of rotatable bonds is 3. The fraction of sp³-hybridized carbons (Fsp3) is 0.200. The summed E-state index contributed by atoms with van der Waals surface area (Å²) in [4.78, 5) is 13.6. The van der Waals surface area contributed by atoms with Crippen LogP contribution in [0.4, 0.5) is 17.6 Å². The minimum atomic E-state index is -1.93. The quantitative estimate of drug-likeness (QED) is 0.375. The number of hydrogen-bond acceptors (Lipinski definition) is 1. The molecule has 1 amide bonds. The van der Waals surface area contributed by atoms with Gasteiger partial charge in [-0.1, -0.05) is 0 Å². The van der Waals surface area contributed by atoms with E-state index in [0.29, 0.717) is 6.07 Å². The molecule has 0 bridgehead atoms. The molecule has 0 spiro atoms. The maximum absolute atomic E-state index is 13.1. The van der Waals surface area contributed by atoms with E-state index in [0.717, 1.165) is 0 Å². The highest BCUT2D eigenvalue weighted by molar-refractivity contribution is 5.79. The summed E-state index contributed by atoms with van der Waals surface area (Å²) in [6.07, 6.45) is 0. The van der Waals surface area contributed by atoms with Crippen LogP contribution in [0.1, 0.15) is 5.56 Å². The third kappa shape index (κ3) is 2.93. The van der Waals surface area contributed by atoms with Gasteiger partial charge < -0.3 is 10.2 Å². The van der Waals surface area contributed by atoms with Crippen LogP contribution in [-0.4, -0.2) is 12.5 Å². The van der Waals surface area contributed by atoms with Gasteiger partial charge in [-0.05, 0) is 6.07 Å². The average molecular weight is 246 g/mol. The van der Waals surface area contributed by atoms with Crippen molar-refractivity contribution in [3.8, 4) is 0 Å². The van der Waals surface area contributed by atoms with Crippen molar-refractivity contribution in [2.75, 3.05) is 6.54 Å². The van der Waals surface area contributed by atoms with Crippen LogP contribution in [0.15, 0.2) is 6.07 Å². The minimum absolute atomic E-state index is 0.450. The van der Waals surface area contributed by atoms with Gasteiger partial charge in [-0.3, -0.25) is 4.79 Å². The minimum Gasteiger partial charge on any atom is -0.345 e. The van der Waals surface area contributed by atoms with Crippen LogP contribution >= 0.6 is 0 Å². The molecule has 0 aliphatic heterocycles. The average Bonchev–Trinajstić information content (AvgIpc) is 2.30. The maximum atomic E-state index is 13.1. The molecule has 7 heteroatoms. The Hall–Kier alpha value is -2.10. The summed E-state index contributed by atoms with van der Waals surface area (Å²) in [6, 6.07) is 0.450. The Morgan fingerprint density at radius 2 is 1.88 bits per heavy atom. The zero-order valence-corrected chi connectivity index (χ0v) is 8.36. The second-order valence-electron chi connectivity index (χ2n) is 3.05. The molecular weight excluding hydrogens is 240 g/mol. The first-order valence-electron chi connectivity index (χ1n) is 4.39. The van der Waals surface area contributed by atoms with Gasteiger partial charge in [0.1, 0.15) is 0 Å². The van der Waals surface area contributed by atoms with E-state index in [1.54, 1.807) is 0 Å². The first kappa shape index (κ1) is 13.0. The summed E-state index contributed by atoms with van der Waals surface area (Å²) in [7, 11) is 0. The summed E-state index contributed by atoms with van der Waals surface area (Å²) >= 11 is 0. The molecule has 0 atom stereocenters. The van der Waals surface area contributed by atoms with Crippen LogP contribution in [-0.2, 0) is 11.3 Å². The third-order valence-corrected chi connectivity index (χ3v) is 1.88. The van der Waals surface area contributed by atoms with Crippen LogP contribution in [0.5, 0.6) is 0 Å². The normalized spacial score (nSPS) is 9.82. The second kappa shape index (κ2) is 5.30. The topological polar surface area (TPSA) is 33.5 Å². The van der Waals surface area contributed by atoms with E-state index >= 15 is 0 Å². The van der Waals surface area contributed by atoms with Gasteiger partial charge in [0.15, 0.2) is 23.3 Å². The number of benzene rings is 1. The molecule has 0 unspecified atom stereocenters. The van der Waals surface area contributed by atoms with Crippen LogP contribution in [0.3, 0.4) is 0 Å². The summed E-state index contributed by atoms with van der Waals surface area (Å²) in [5.74, 6) is -7.66. The van der Waals surface area contributed by atoms with Gasteiger partial charge in [-0.15, -0.1) is 0 Å². The fourth-order valence-electron chi connectivity index (χ4n) is 1.07. The Morgan fingerprint density at radius 3 is 2.47 bits per heavy atom. The molecule has 0 radical (unpaired) electrons. The van der Waals surface area contributed by atoms with Gasteiger partial charge in [-0.2, -0.15) is 0 Å². The molecule has 1 N–H and O–H groups in total. The van der Waals surface area contributed by atoms with E-state index in [-0.39, 0.29) is 0 Å². The molecule has 0 saturated heterocycles. The summed E-state index contributed by atoms with van der Waals surface area (Å²) in [5, 5.41) is 2.07. The maximum Gasteiger partial charge on any atom is 0.300 e. The summed E-state index contributed by atoms with van der Waals surface area (Å²) in [5.41, 5.74) is -0.528. The van der Waals surface area contributed by atoms with E-state index in [1.165, 1.54) is 0 Å². The Morgan fingerprint density at radius 1 is 1.24 bits per heavy atom. The standard InChI is InChI=1S/C10H6F4N2O/c1-15-4-7(17)16-3-5-2-6(11)9(13)10(14)8(5)12/h2H,3-4H2,(H,16,17). The fourth-order valence-corrected chi connectivity index (χ4v) is 1.07. The number of hydrogen-bond donors (Lipinski definition) is 1. The van der Waals surface area contributed by atoms with Crippen molar-refractivity contribution in [3.63, 3.8) is 0 Å². The molecule has 3 nitrogen and oxygen atoms in total. The van der Waals surface area contributed by atoms with Crippen molar-refractivity contribution < 1.29 is 22.4 Å². The molecular formula is C10H6F4N2O. The SMILES string of the molecule is [C-]#[N+]CC(=O)NCc1cc(F)c(F)c(F)c1F. The smallest absolute Gasteiger partial charge is 0.300 e. The van der Waals surface area contributed by atoms with E-state index < -0.39 is 47.8 Å². The van der Waals surface area contributed by atoms with Crippen molar-refractivity contribution >= 4 is 5.91 Å². The first-order chi connectivity index (χ1) is 7.97. The van der Waals surface area contributed by atoms with Gasteiger partial charge in [0.05, 0.1) is 0 Å². The van der Waals surface area contributed by atoms with Crippen LogP contribution in [0, 0.1) is 29.8 Å². The molecule has 90 valence electrons. The molecule has 0 heterocycles. The Labute approximate surface area is 93.9 Å². The third-order valence-electron chi connectivity index (χ3n) is 1.88. The number of nitrogens with one attached hydrogen (secondary N) is 1. The van der Waals surface area contributed by atoms with Crippen LogP contribution in [0.25, 0.3) is 4.85 Å². The summed E-state index contributed by atoms with van der Waals surface area (Å²) in [6.45, 7) is 5.38. The number of nitrogens with zero attached hydrogens (tertiary/aromatic N) is 1. The number of halogens is 4. The molecule has 0 fully saturated rings. The van der Waals surface area contributed by atoms with E-state index in [1.807, 2.05) is 0 Å². The number of amides is 1. The van der Waals surface area contributed by atoms with Gasteiger partial charge in [0.2, 0.25) is 0 Å².